The molecule has 1 amide bonds. The van der Waals surface area contributed by atoms with Crippen molar-refractivity contribution in [1.82, 2.24) is 0 Å². The Morgan fingerprint density at radius 1 is 1.19 bits per heavy atom. The highest BCUT2D eigenvalue weighted by Gasteiger charge is 2.18. The predicted molar refractivity (Wildman–Crippen MR) is 95.3 cm³/mol. The second-order valence-corrected chi connectivity index (χ2v) is 6.28. The number of hydrogen-bond donors (Lipinski definition) is 1. The van der Waals surface area contributed by atoms with Crippen molar-refractivity contribution in [2.24, 2.45) is 0 Å². The summed E-state index contributed by atoms with van der Waals surface area (Å²) >= 11 is 1.29. The minimum Gasteiger partial charge on any atom is -0.456 e. The smallest absolute Gasteiger partial charge is 0.306 e. The molecule has 1 N–H and O–H groups in total. The third-order valence-electron chi connectivity index (χ3n) is 3.43. The number of nitro benzene ring substituents is 1. The number of carbonyl (C=O) groups excluding carboxylic acids is 3. The van der Waals surface area contributed by atoms with E-state index in [4.69, 9.17) is 4.74 Å². The molecule has 0 unspecified atom stereocenters. The molecule has 1 heterocycles. The standard InChI is InChI=1S/C17H16N2O6S/c1-11-4-2-5-12(19(23)24)17(11)18-15(21)10-25-16(22)8-7-13(20)14-6-3-9-26-14/h2-6,9H,7-8,10H2,1H3,(H,18,21). The number of carbonyl (C=O) groups is 3. The van der Waals surface area contributed by atoms with Gasteiger partial charge in [0.05, 0.1) is 16.2 Å². The van der Waals surface area contributed by atoms with Crippen molar-refractivity contribution in [3.05, 3.63) is 56.3 Å². The summed E-state index contributed by atoms with van der Waals surface area (Å²) in [4.78, 5) is 46.3. The Morgan fingerprint density at radius 2 is 1.96 bits per heavy atom. The molecular weight excluding hydrogens is 360 g/mol. The number of anilines is 1. The van der Waals surface area contributed by atoms with Crippen LogP contribution >= 0.6 is 11.3 Å². The number of benzene rings is 1. The lowest BCUT2D eigenvalue weighted by atomic mass is 10.1. The van der Waals surface area contributed by atoms with Gasteiger partial charge in [-0.3, -0.25) is 24.5 Å². The molecule has 0 aliphatic heterocycles. The van der Waals surface area contributed by atoms with Crippen molar-refractivity contribution in [2.75, 3.05) is 11.9 Å². The summed E-state index contributed by atoms with van der Waals surface area (Å²) in [7, 11) is 0. The van der Waals surface area contributed by atoms with E-state index in [1.54, 1.807) is 30.5 Å². The Hall–Kier alpha value is -3.07. The highest BCUT2D eigenvalue weighted by Crippen LogP contribution is 2.27. The van der Waals surface area contributed by atoms with Crippen LogP contribution < -0.4 is 5.32 Å². The molecule has 0 radical (unpaired) electrons. The zero-order valence-corrected chi connectivity index (χ0v) is 14.7. The number of Topliss-reactive ketones (excluding diaryl/α,β-unsaturated/α-hetero) is 1. The number of para-hydroxylation sites is 1. The maximum Gasteiger partial charge on any atom is 0.306 e. The maximum atomic E-state index is 11.9. The zero-order valence-electron chi connectivity index (χ0n) is 13.9. The Morgan fingerprint density at radius 3 is 2.62 bits per heavy atom. The molecular formula is C17H16N2O6S. The molecule has 26 heavy (non-hydrogen) atoms. The summed E-state index contributed by atoms with van der Waals surface area (Å²) in [6.07, 6.45) is -0.154. The second kappa shape index (κ2) is 8.86. The molecule has 8 nitrogen and oxygen atoms in total. The summed E-state index contributed by atoms with van der Waals surface area (Å²) < 4.78 is 4.81. The van der Waals surface area contributed by atoms with Crippen molar-refractivity contribution >= 4 is 40.4 Å². The third-order valence-corrected chi connectivity index (χ3v) is 4.34. The van der Waals surface area contributed by atoms with Crippen molar-refractivity contribution in [2.45, 2.75) is 19.8 Å². The lowest BCUT2D eigenvalue weighted by molar-refractivity contribution is -0.384. The summed E-state index contributed by atoms with van der Waals surface area (Å²) in [6, 6.07) is 7.80. The first-order valence-electron chi connectivity index (χ1n) is 7.64. The maximum absolute atomic E-state index is 11.9. The molecule has 0 fully saturated rings. The molecule has 0 spiro atoms. The van der Waals surface area contributed by atoms with Crippen LogP contribution in [0.3, 0.4) is 0 Å². The number of nitro groups is 1. The van der Waals surface area contributed by atoms with Crippen LogP contribution in [0.25, 0.3) is 0 Å². The van der Waals surface area contributed by atoms with Crippen molar-refractivity contribution in [1.29, 1.82) is 0 Å². The van der Waals surface area contributed by atoms with Gasteiger partial charge in [-0.1, -0.05) is 18.2 Å². The van der Waals surface area contributed by atoms with Gasteiger partial charge >= 0.3 is 5.97 Å². The lowest BCUT2D eigenvalue weighted by Gasteiger charge is -2.09. The van der Waals surface area contributed by atoms with Crippen LogP contribution in [-0.4, -0.2) is 29.2 Å². The van der Waals surface area contributed by atoms with Crippen LogP contribution in [0.4, 0.5) is 11.4 Å². The highest BCUT2D eigenvalue weighted by atomic mass is 32.1. The number of rotatable bonds is 8. The molecule has 1 aromatic heterocycles. The van der Waals surface area contributed by atoms with E-state index in [9.17, 15) is 24.5 Å². The van der Waals surface area contributed by atoms with Crippen LogP contribution in [-0.2, 0) is 14.3 Å². The SMILES string of the molecule is Cc1cccc([N+](=O)[O-])c1NC(=O)COC(=O)CCC(=O)c1cccs1. The van der Waals surface area contributed by atoms with E-state index in [1.165, 1.54) is 23.5 Å². The van der Waals surface area contributed by atoms with Gasteiger partial charge in [0.1, 0.15) is 5.69 Å². The third kappa shape index (κ3) is 5.21. The number of esters is 1. The van der Waals surface area contributed by atoms with E-state index in [2.05, 4.69) is 5.32 Å². The lowest BCUT2D eigenvalue weighted by Crippen LogP contribution is -2.22. The molecule has 1 aromatic carbocycles. The van der Waals surface area contributed by atoms with Crippen LogP contribution in [0.1, 0.15) is 28.1 Å². The molecule has 0 saturated heterocycles. The molecule has 2 aromatic rings. The van der Waals surface area contributed by atoms with E-state index in [0.717, 1.165) is 0 Å². The van der Waals surface area contributed by atoms with Crippen molar-refractivity contribution in [3.63, 3.8) is 0 Å². The summed E-state index contributed by atoms with van der Waals surface area (Å²) in [6.45, 7) is 1.03. The molecule has 136 valence electrons. The number of aryl methyl sites for hydroxylation is 1. The Bertz CT molecular complexity index is 832. The summed E-state index contributed by atoms with van der Waals surface area (Å²) in [5.74, 6) is -1.55. The average Bonchev–Trinajstić information content (AvgIpc) is 3.14. The number of ether oxygens (including phenoxy) is 1. The van der Waals surface area contributed by atoms with Crippen LogP contribution in [0.15, 0.2) is 35.7 Å². The van der Waals surface area contributed by atoms with Gasteiger partial charge < -0.3 is 10.1 Å². The fourth-order valence-electron chi connectivity index (χ4n) is 2.14. The molecule has 9 heteroatoms. The van der Waals surface area contributed by atoms with Gasteiger partial charge in [0.15, 0.2) is 12.4 Å². The van der Waals surface area contributed by atoms with Crippen molar-refractivity contribution < 1.29 is 24.0 Å². The fraction of sp³-hybridized carbons (Fsp3) is 0.235. The first-order chi connectivity index (χ1) is 12.4. The average molecular weight is 376 g/mol. The van der Waals surface area contributed by atoms with E-state index in [1.807, 2.05) is 0 Å². The molecule has 0 aliphatic rings. The topological polar surface area (TPSA) is 116 Å². The number of nitrogens with zero attached hydrogens (tertiary/aromatic N) is 1. The fourth-order valence-corrected chi connectivity index (χ4v) is 2.83. The van der Waals surface area contributed by atoms with E-state index < -0.39 is 23.4 Å². The zero-order chi connectivity index (χ0) is 19.1. The van der Waals surface area contributed by atoms with Crippen LogP contribution in [0.5, 0.6) is 0 Å². The first-order valence-corrected chi connectivity index (χ1v) is 8.52. The van der Waals surface area contributed by atoms with Gasteiger partial charge in [0.25, 0.3) is 11.6 Å². The Labute approximate surface area is 152 Å². The van der Waals surface area contributed by atoms with E-state index >= 15 is 0 Å². The van der Waals surface area contributed by atoms with E-state index in [-0.39, 0.29) is 30.0 Å². The Kier molecular flexibility index (Phi) is 6.56. The second-order valence-electron chi connectivity index (χ2n) is 5.34. The van der Waals surface area contributed by atoms with Gasteiger partial charge in [0, 0.05) is 12.5 Å². The monoisotopic (exact) mass is 376 g/mol. The van der Waals surface area contributed by atoms with Gasteiger partial charge in [-0.25, -0.2) is 0 Å². The Balaban J connectivity index is 1.83. The number of hydrogen-bond acceptors (Lipinski definition) is 7. The molecule has 0 bridgehead atoms. The minimum atomic E-state index is -0.694. The highest BCUT2D eigenvalue weighted by molar-refractivity contribution is 7.12. The first kappa shape index (κ1) is 19.3. The summed E-state index contributed by atoms with van der Waals surface area (Å²) in [5, 5.41) is 15.2. The summed E-state index contributed by atoms with van der Waals surface area (Å²) in [5.41, 5.74) is 0.332. The van der Waals surface area contributed by atoms with Gasteiger partial charge in [-0.05, 0) is 23.9 Å². The normalized spacial score (nSPS) is 10.2. The van der Waals surface area contributed by atoms with E-state index in [0.29, 0.717) is 10.4 Å². The molecule has 2 rings (SSSR count). The van der Waals surface area contributed by atoms with Crippen LogP contribution in [0.2, 0.25) is 0 Å². The molecule has 0 atom stereocenters. The van der Waals surface area contributed by atoms with Gasteiger partial charge in [0.2, 0.25) is 0 Å². The number of thiophene rings is 1. The number of nitrogens with one attached hydrogen (secondary N) is 1. The number of ketones is 1. The van der Waals surface area contributed by atoms with Crippen LogP contribution in [0, 0.1) is 17.0 Å². The number of amides is 1. The molecule has 0 saturated carbocycles. The van der Waals surface area contributed by atoms with Crippen molar-refractivity contribution in [3.8, 4) is 0 Å². The minimum absolute atomic E-state index is 0.00969. The molecule has 0 aliphatic carbocycles. The quantitative estimate of drug-likeness (QED) is 0.327. The largest absolute Gasteiger partial charge is 0.456 e. The predicted octanol–water partition coefficient (Wildman–Crippen LogP) is 3.11. The van der Waals surface area contributed by atoms with Gasteiger partial charge in [-0.15, -0.1) is 11.3 Å². The van der Waals surface area contributed by atoms with Gasteiger partial charge in [-0.2, -0.15) is 0 Å².